The molecule has 1 aromatic carbocycles. The fraction of sp³-hybridized carbons (Fsp3) is 0.533. The van der Waals surface area contributed by atoms with Gasteiger partial charge in [-0.15, -0.1) is 0 Å². The van der Waals surface area contributed by atoms with E-state index >= 15 is 0 Å². The quantitative estimate of drug-likeness (QED) is 0.695. The number of rotatable bonds is 5. The smallest absolute Gasteiger partial charge is 0.423 e. The number of aryl methyl sites for hydroxylation is 1. The van der Waals surface area contributed by atoms with Crippen molar-refractivity contribution in [2.75, 3.05) is 7.05 Å². The van der Waals surface area contributed by atoms with Crippen LogP contribution in [0.4, 0.5) is 0 Å². The summed E-state index contributed by atoms with van der Waals surface area (Å²) in [4.78, 5) is 11.6. The van der Waals surface area contributed by atoms with Crippen LogP contribution >= 0.6 is 0 Å². The summed E-state index contributed by atoms with van der Waals surface area (Å²) in [6, 6.07) is 4.99. The predicted molar refractivity (Wildman–Crippen MR) is 83.6 cm³/mol. The van der Waals surface area contributed by atoms with Crippen LogP contribution in [0.3, 0.4) is 0 Å². The first-order valence-corrected chi connectivity index (χ1v) is 6.90. The molecule has 0 saturated carbocycles. The van der Waals surface area contributed by atoms with E-state index < -0.39 is 18.3 Å². The molecule has 0 unspecified atom stereocenters. The van der Waals surface area contributed by atoms with Crippen LogP contribution in [-0.2, 0) is 4.65 Å². The first-order chi connectivity index (χ1) is 9.49. The van der Waals surface area contributed by atoms with Crippen molar-refractivity contribution in [3.05, 3.63) is 29.3 Å². The molecule has 0 fully saturated rings. The Balaban J connectivity index is 2.97. The van der Waals surface area contributed by atoms with Gasteiger partial charge in [0.25, 0.3) is 5.91 Å². The highest BCUT2D eigenvalue weighted by Crippen LogP contribution is 2.25. The first-order valence-electron chi connectivity index (χ1n) is 6.90. The molecule has 116 valence electrons. The average Bonchev–Trinajstić information content (AvgIpc) is 2.35. The van der Waals surface area contributed by atoms with E-state index in [-0.39, 0.29) is 5.91 Å². The van der Waals surface area contributed by atoms with Crippen LogP contribution < -0.4 is 10.8 Å². The molecule has 0 bridgehead atoms. The van der Waals surface area contributed by atoms with E-state index in [1.807, 2.05) is 0 Å². The molecule has 21 heavy (non-hydrogen) atoms. The van der Waals surface area contributed by atoms with Gasteiger partial charge in [-0.3, -0.25) is 4.79 Å². The molecule has 0 saturated heterocycles. The second-order valence-electron chi connectivity index (χ2n) is 6.19. The monoisotopic (exact) mass is 293 g/mol. The molecule has 0 atom stereocenters. The maximum absolute atomic E-state index is 11.6. The molecule has 0 spiro atoms. The Morgan fingerprint density at radius 2 is 1.86 bits per heavy atom. The average molecular weight is 293 g/mol. The Labute approximate surface area is 126 Å². The number of nitrogens with one attached hydrogen (secondary N) is 1. The van der Waals surface area contributed by atoms with Crippen LogP contribution in [0.1, 0.15) is 43.6 Å². The Kier molecular flexibility index (Phi) is 5.20. The minimum absolute atomic E-state index is 0.175. The predicted octanol–water partition coefficient (Wildman–Crippen LogP) is 0.608. The maximum atomic E-state index is 11.6. The molecule has 0 aliphatic heterocycles. The van der Waals surface area contributed by atoms with E-state index in [2.05, 4.69) is 5.32 Å². The Bertz CT molecular complexity index is 523. The molecule has 1 aromatic rings. The molecule has 3 N–H and O–H groups in total. The van der Waals surface area contributed by atoms with Gasteiger partial charge >= 0.3 is 7.12 Å². The van der Waals surface area contributed by atoms with E-state index in [0.717, 1.165) is 5.56 Å². The number of hydrogen-bond donors (Lipinski definition) is 3. The minimum atomic E-state index is -1.18. The van der Waals surface area contributed by atoms with Gasteiger partial charge in [-0.2, -0.15) is 0 Å². The lowest BCUT2D eigenvalue weighted by atomic mass is 9.75. The van der Waals surface area contributed by atoms with Gasteiger partial charge in [0.1, 0.15) is 0 Å². The third-order valence-corrected chi connectivity index (χ3v) is 3.89. The number of aliphatic hydroxyl groups is 1. The third-order valence-electron chi connectivity index (χ3n) is 3.89. The number of benzene rings is 1. The SMILES string of the molecule is CNC(=O)c1ccc(B(O)OC(C)(C)C(C)(C)O)cc1C. The second-order valence-corrected chi connectivity index (χ2v) is 6.19. The van der Waals surface area contributed by atoms with Gasteiger partial charge in [-0.25, -0.2) is 0 Å². The van der Waals surface area contributed by atoms with Crippen molar-refractivity contribution < 1.29 is 19.6 Å². The Morgan fingerprint density at radius 3 is 2.29 bits per heavy atom. The van der Waals surface area contributed by atoms with Crippen LogP contribution in [0, 0.1) is 6.92 Å². The number of carbonyl (C=O) groups is 1. The van der Waals surface area contributed by atoms with Gasteiger partial charge in [-0.05, 0) is 51.7 Å². The highest BCUT2D eigenvalue weighted by atomic mass is 16.5. The van der Waals surface area contributed by atoms with E-state index in [9.17, 15) is 14.9 Å². The standard InChI is InChI=1S/C15H24BNO4/c1-10-9-11(7-8-12(10)13(18)17-6)16(20)21-15(4,5)14(2,3)19/h7-9,19-20H,1-6H3,(H,17,18). The van der Waals surface area contributed by atoms with Crippen molar-refractivity contribution in [2.24, 2.45) is 0 Å². The number of carbonyl (C=O) groups excluding carboxylic acids is 1. The molecule has 5 nitrogen and oxygen atoms in total. The van der Waals surface area contributed by atoms with Crippen LogP contribution in [-0.4, -0.2) is 41.4 Å². The van der Waals surface area contributed by atoms with Crippen molar-refractivity contribution in [1.82, 2.24) is 5.32 Å². The minimum Gasteiger partial charge on any atom is -0.423 e. The summed E-state index contributed by atoms with van der Waals surface area (Å²) in [5.41, 5.74) is -0.201. The summed E-state index contributed by atoms with van der Waals surface area (Å²) < 4.78 is 5.57. The Hall–Kier alpha value is -1.37. The van der Waals surface area contributed by atoms with Gasteiger partial charge in [0.2, 0.25) is 0 Å². The zero-order valence-electron chi connectivity index (χ0n) is 13.5. The normalized spacial score (nSPS) is 12.2. The summed E-state index contributed by atoms with van der Waals surface area (Å²) in [6.07, 6.45) is 0. The van der Waals surface area contributed by atoms with E-state index in [1.165, 1.54) is 0 Å². The van der Waals surface area contributed by atoms with Crippen LogP contribution in [0.5, 0.6) is 0 Å². The molecular formula is C15H24BNO4. The largest absolute Gasteiger partial charge is 0.491 e. The third kappa shape index (κ3) is 4.06. The maximum Gasteiger partial charge on any atom is 0.491 e. The summed E-state index contributed by atoms with van der Waals surface area (Å²) in [5, 5.41) is 22.8. The number of hydrogen-bond acceptors (Lipinski definition) is 4. The second kappa shape index (κ2) is 6.18. The lowest BCUT2D eigenvalue weighted by molar-refractivity contribution is -0.0982. The lowest BCUT2D eigenvalue weighted by Gasteiger charge is -2.38. The molecule has 1 amide bonds. The topological polar surface area (TPSA) is 78.8 Å². The molecule has 0 aliphatic rings. The number of amides is 1. The lowest BCUT2D eigenvalue weighted by Crippen LogP contribution is -2.53. The molecule has 1 rings (SSSR count). The van der Waals surface area contributed by atoms with Gasteiger partial charge in [0.15, 0.2) is 0 Å². The van der Waals surface area contributed by atoms with Gasteiger partial charge in [-0.1, -0.05) is 12.1 Å². The molecular weight excluding hydrogens is 269 g/mol. The fourth-order valence-corrected chi connectivity index (χ4v) is 1.72. The van der Waals surface area contributed by atoms with Crippen LogP contribution in [0.25, 0.3) is 0 Å². The van der Waals surface area contributed by atoms with Crippen molar-refractivity contribution in [2.45, 2.75) is 45.8 Å². The van der Waals surface area contributed by atoms with Crippen molar-refractivity contribution in [3.63, 3.8) is 0 Å². The van der Waals surface area contributed by atoms with Crippen LogP contribution in [0.15, 0.2) is 18.2 Å². The van der Waals surface area contributed by atoms with E-state index in [4.69, 9.17) is 4.65 Å². The van der Waals surface area contributed by atoms with Crippen molar-refractivity contribution in [1.29, 1.82) is 0 Å². The van der Waals surface area contributed by atoms with Crippen molar-refractivity contribution >= 4 is 18.5 Å². The highest BCUT2D eigenvalue weighted by molar-refractivity contribution is 6.60. The van der Waals surface area contributed by atoms with E-state index in [1.54, 1.807) is 59.9 Å². The summed E-state index contributed by atoms with van der Waals surface area (Å²) in [7, 11) is 0.392. The molecule has 0 heterocycles. The van der Waals surface area contributed by atoms with Crippen LogP contribution in [0.2, 0.25) is 0 Å². The molecule has 0 aliphatic carbocycles. The zero-order chi connectivity index (χ0) is 16.4. The molecule has 0 radical (unpaired) electrons. The fourth-order valence-electron chi connectivity index (χ4n) is 1.72. The highest BCUT2D eigenvalue weighted by Gasteiger charge is 2.39. The molecule has 6 heteroatoms. The van der Waals surface area contributed by atoms with Crippen molar-refractivity contribution in [3.8, 4) is 0 Å². The Morgan fingerprint density at radius 1 is 1.29 bits per heavy atom. The van der Waals surface area contributed by atoms with Gasteiger partial charge < -0.3 is 20.1 Å². The summed E-state index contributed by atoms with van der Waals surface area (Å²) in [5.74, 6) is -0.175. The zero-order valence-corrected chi connectivity index (χ0v) is 13.5. The first kappa shape index (κ1) is 17.7. The van der Waals surface area contributed by atoms with E-state index in [0.29, 0.717) is 11.0 Å². The summed E-state index contributed by atoms with van der Waals surface area (Å²) >= 11 is 0. The summed E-state index contributed by atoms with van der Waals surface area (Å²) in [6.45, 7) is 8.46. The van der Waals surface area contributed by atoms with Gasteiger partial charge in [0, 0.05) is 12.6 Å². The van der Waals surface area contributed by atoms with Gasteiger partial charge in [0.05, 0.1) is 11.2 Å². The molecule has 0 aromatic heterocycles.